The lowest BCUT2D eigenvalue weighted by Crippen LogP contribution is -2.52. The molecule has 3 atom stereocenters. The van der Waals surface area contributed by atoms with E-state index in [1.54, 1.807) is 20.8 Å². The van der Waals surface area contributed by atoms with Gasteiger partial charge in [0.15, 0.2) is 0 Å². The molecule has 0 amide bonds. The summed E-state index contributed by atoms with van der Waals surface area (Å²) < 4.78 is 0.537. The quantitative estimate of drug-likeness (QED) is 0.0686. The minimum Gasteiger partial charge on any atom is -0.550 e. The van der Waals surface area contributed by atoms with Crippen molar-refractivity contribution in [2.75, 3.05) is 26.2 Å². The van der Waals surface area contributed by atoms with E-state index in [4.69, 9.17) is 0 Å². The second-order valence-electron chi connectivity index (χ2n) is 11.9. The molecule has 228 valence electrons. The summed E-state index contributed by atoms with van der Waals surface area (Å²) in [6.45, 7) is 9.76. The van der Waals surface area contributed by atoms with Crippen molar-refractivity contribution in [1.29, 1.82) is 0 Å². The van der Waals surface area contributed by atoms with Crippen molar-refractivity contribution in [2.24, 2.45) is 17.8 Å². The first kappa shape index (κ1) is 37.1. The molecule has 0 bridgehead atoms. The maximum Gasteiger partial charge on any atom is 0.306 e. The van der Waals surface area contributed by atoms with E-state index < -0.39 is 35.7 Å². The zero-order chi connectivity index (χ0) is 29.5. The van der Waals surface area contributed by atoms with Gasteiger partial charge in [-0.3, -0.25) is 9.59 Å². The third-order valence-corrected chi connectivity index (χ3v) is 8.27. The van der Waals surface area contributed by atoms with Crippen LogP contribution in [0.1, 0.15) is 130 Å². The van der Waals surface area contributed by atoms with Crippen molar-refractivity contribution in [3.8, 4) is 0 Å². The first-order valence-corrected chi connectivity index (χ1v) is 15.7. The molecule has 0 radical (unpaired) electrons. The Hall–Kier alpha value is -1.89. The lowest BCUT2D eigenvalue weighted by molar-refractivity contribution is -0.929. The van der Waals surface area contributed by atoms with Crippen LogP contribution in [0.2, 0.25) is 0 Å². The second-order valence-corrected chi connectivity index (χ2v) is 11.9. The molecule has 0 aromatic carbocycles. The van der Waals surface area contributed by atoms with E-state index in [1.165, 1.54) is 70.6 Å². The fourth-order valence-corrected chi connectivity index (χ4v) is 4.95. The molecule has 0 rings (SSSR count). The topological polar surface area (TPSA) is 115 Å². The van der Waals surface area contributed by atoms with Crippen molar-refractivity contribution in [1.82, 2.24) is 0 Å². The predicted molar refractivity (Wildman–Crippen MR) is 156 cm³/mol. The fraction of sp³-hybridized carbons (Fsp3) is 0.844. The lowest BCUT2D eigenvalue weighted by Gasteiger charge is -2.40. The molecule has 7 nitrogen and oxygen atoms in total. The zero-order valence-electron chi connectivity index (χ0n) is 25.5. The van der Waals surface area contributed by atoms with Gasteiger partial charge in [0.2, 0.25) is 0 Å². The average molecular weight is 554 g/mol. The minimum absolute atomic E-state index is 0.424. The Morgan fingerprint density at radius 3 is 1.41 bits per heavy atom. The van der Waals surface area contributed by atoms with Crippen LogP contribution in [0.4, 0.5) is 0 Å². The fourth-order valence-electron chi connectivity index (χ4n) is 4.95. The molecule has 0 spiro atoms. The minimum atomic E-state index is -1.09. The number of nitrogens with zero attached hydrogens (tertiary/aromatic N) is 1. The number of carboxylic acids is 3. The Balaban J connectivity index is 4.79. The summed E-state index contributed by atoms with van der Waals surface area (Å²) in [5.74, 6) is -4.39. The summed E-state index contributed by atoms with van der Waals surface area (Å²) in [7, 11) is 0. The molecule has 0 aliphatic carbocycles. The van der Waals surface area contributed by atoms with Crippen LogP contribution in [-0.2, 0) is 14.4 Å². The average Bonchev–Trinajstić information content (AvgIpc) is 2.90. The summed E-state index contributed by atoms with van der Waals surface area (Å²) in [6.07, 6.45) is 22.2. The molecule has 2 N–H and O–H groups in total. The van der Waals surface area contributed by atoms with Crippen LogP contribution in [-0.4, -0.2) is 58.8 Å². The number of carboxylic acid groups (broad SMARTS) is 3. The Kier molecular flexibility index (Phi) is 21.8. The first-order chi connectivity index (χ1) is 18.5. The Morgan fingerprint density at radius 2 is 1.00 bits per heavy atom. The van der Waals surface area contributed by atoms with Gasteiger partial charge in [0.05, 0.1) is 38.0 Å². The second kappa shape index (κ2) is 22.9. The summed E-state index contributed by atoms with van der Waals surface area (Å²) >= 11 is 0. The molecule has 0 heterocycles. The lowest BCUT2D eigenvalue weighted by atomic mass is 10.0. The number of quaternary nitrogens is 1. The largest absolute Gasteiger partial charge is 0.550 e. The Morgan fingerprint density at radius 1 is 0.615 bits per heavy atom. The van der Waals surface area contributed by atoms with Gasteiger partial charge < -0.3 is 24.6 Å². The van der Waals surface area contributed by atoms with Gasteiger partial charge in [-0.05, 0) is 12.8 Å². The van der Waals surface area contributed by atoms with Crippen molar-refractivity contribution in [3.63, 3.8) is 0 Å². The highest BCUT2D eigenvalue weighted by Crippen LogP contribution is 2.21. The Labute approximate surface area is 238 Å². The molecule has 39 heavy (non-hydrogen) atoms. The molecule has 0 aliphatic rings. The highest BCUT2D eigenvalue weighted by Gasteiger charge is 2.30. The number of hydrogen-bond acceptors (Lipinski definition) is 4. The SMILES string of the molecule is CCCCCCCCCCCCC/C=C/CC[N+](CCC(C)C(=O)[O-])(CCC(C)C(=O)O)CCC(C)C(=O)O. The van der Waals surface area contributed by atoms with Crippen LogP contribution in [0, 0.1) is 17.8 Å². The highest BCUT2D eigenvalue weighted by atomic mass is 16.4. The maximum atomic E-state index is 11.5. The highest BCUT2D eigenvalue weighted by molar-refractivity contribution is 5.69. The van der Waals surface area contributed by atoms with Gasteiger partial charge in [-0.2, -0.15) is 0 Å². The first-order valence-electron chi connectivity index (χ1n) is 15.7. The predicted octanol–water partition coefficient (Wildman–Crippen LogP) is 6.45. The number of carbonyl (C=O) groups is 3. The normalized spacial score (nSPS) is 15.6. The molecule has 0 fully saturated rings. The van der Waals surface area contributed by atoms with Gasteiger partial charge in [-0.25, -0.2) is 0 Å². The number of aliphatic carboxylic acids is 3. The van der Waals surface area contributed by atoms with Crippen LogP contribution in [0.25, 0.3) is 0 Å². The van der Waals surface area contributed by atoms with Crippen LogP contribution in [0.5, 0.6) is 0 Å². The van der Waals surface area contributed by atoms with Crippen molar-refractivity contribution >= 4 is 17.9 Å². The standard InChI is InChI=1S/C32H59NO6/c1-5-6-7-8-9-10-11-12-13-14-15-16-17-18-19-23-33(24-20-27(2)30(34)35,25-21-28(3)31(36)37)26-22-29(4)32(38)39/h17-18,27-29H,5-16,19-26H2,1-4H3,(H2-,34,35,36,37,38,39)/b18-17+. The molecule has 0 aromatic rings. The van der Waals surface area contributed by atoms with Gasteiger partial charge in [0, 0.05) is 37.6 Å². The molecular formula is C32H59NO6. The number of unbranched alkanes of at least 4 members (excludes halogenated alkanes) is 11. The third-order valence-electron chi connectivity index (χ3n) is 8.27. The van der Waals surface area contributed by atoms with Gasteiger partial charge in [-0.1, -0.05) is 104 Å². The van der Waals surface area contributed by atoms with Crippen molar-refractivity contribution in [3.05, 3.63) is 12.2 Å². The van der Waals surface area contributed by atoms with Gasteiger partial charge in [-0.15, -0.1) is 0 Å². The van der Waals surface area contributed by atoms with Crippen LogP contribution in [0.15, 0.2) is 12.2 Å². The Bertz CT molecular complexity index is 632. The maximum absolute atomic E-state index is 11.5. The van der Waals surface area contributed by atoms with Crippen LogP contribution < -0.4 is 5.11 Å². The van der Waals surface area contributed by atoms with E-state index in [0.717, 1.165) is 19.4 Å². The molecule has 7 heteroatoms. The molecule has 0 aromatic heterocycles. The number of hydrogen-bond donors (Lipinski definition) is 2. The monoisotopic (exact) mass is 553 g/mol. The van der Waals surface area contributed by atoms with Gasteiger partial charge >= 0.3 is 11.9 Å². The number of carbonyl (C=O) groups excluding carboxylic acids is 1. The van der Waals surface area contributed by atoms with E-state index in [1.807, 2.05) is 0 Å². The van der Waals surface area contributed by atoms with Crippen molar-refractivity contribution in [2.45, 2.75) is 130 Å². The van der Waals surface area contributed by atoms with Crippen LogP contribution in [0.3, 0.4) is 0 Å². The van der Waals surface area contributed by atoms with Crippen LogP contribution >= 0.6 is 0 Å². The van der Waals surface area contributed by atoms with Crippen molar-refractivity contribution < 1.29 is 34.2 Å². The number of rotatable bonds is 27. The molecule has 0 saturated carbocycles. The summed E-state index contributed by atoms with van der Waals surface area (Å²) in [6, 6.07) is 0. The molecule has 3 unspecified atom stereocenters. The molecule has 0 aliphatic heterocycles. The van der Waals surface area contributed by atoms with E-state index in [9.17, 15) is 29.7 Å². The molecule has 0 saturated heterocycles. The third kappa shape index (κ3) is 19.8. The van der Waals surface area contributed by atoms with Gasteiger partial charge in [0.1, 0.15) is 0 Å². The zero-order valence-corrected chi connectivity index (χ0v) is 25.5. The summed E-state index contributed by atoms with van der Waals surface area (Å²) in [5.41, 5.74) is 0. The van der Waals surface area contributed by atoms with Gasteiger partial charge in [0.25, 0.3) is 0 Å². The van der Waals surface area contributed by atoms with E-state index in [2.05, 4.69) is 19.1 Å². The summed E-state index contributed by atoms with van der Waals surface area (Å²) in [5, 5.41) is 30.1. The van der Waals surface area contributed by atoms with E-state index >= 15 is 0 Å². The summed E-state index contributed by atoms with van der Waals surface area (Å²) in [4.78, 5) is 34.3. The molecular weight excluding hydrogens is 494 g/mol. The smallest absolute Gasteiger partial charge is 0.306 e. The van der Waals surface area contributed by atoms with E-state index in [0.29, 0.717) is 43.4 Å². The van der Waals surface area contributed by atoms with E-state index in [-0.39, 0.29) is 0 Å². The number of allylic oxidation sites excluding steroid dienone is 1.